The number of benzene rings is 1. The van der Waals surface area contributed by atoms with E-state index in [1.54, 1.807) is 13.2 Å². The van der Waals surface area contributed by atoms with Crippen LogP contribution in [0.25, 0.3) is 0 Å². The smallest absolute Gasteiger partial charge is 0.164 e. The number of rotatable bonds is 5. The van der Waals surface area contributed by atoms with E-state index in [4.69, 9.17) is 16.3 Å². The Morgan fingerprint density at radius 3 is 2.80 bits per heavy atom. The summed E-state index contributed by atoms with van der Waals surface area (Å²) in [4.78, 5) is 11.7. The summed E-state index contributed by atoms with van der Waals surface area (Å²) in [5, 5.41) is 0.598. The first kappa shape index (κ1) is 12.5. The Bertz CT molecular complexity index is 352. The van der Waals surface area contributed by atoms with Crippen LogP contribution in [0.3, 0.4) is 0 Å². The highest BCUT2D eigenvalue weighted by molar-refractivity contribution is 9.08. The first-order valence-corrected chi connectivity index (χ1v) is 6.21. The molecule has 0 amide bonds. The first-order valence-electron chi connectivity index (χ1n) is 4.55. The number of alkyl halides is 2. The maximum absolute atomic E-state index is 11.7. The molecular weight excluding hydrogens is 279 g/mol. The topological polar surface area (TPSA) is 26.3 Å². The molecule has 0 spiro atoms. The van der Waals surface area contributed by atoms with E-state index >= 15 is 0 Å². The van der Waals surface area contributed by atoms with Crippen LogP contribution in [0.2, 0.25) is 0 Å². The van der Waals surface area contributed by atoms with Gasteiger partial charge in [0.05, 0.1) is 7.11 Å². The fourth-order valence-electron chi connectivity index (χ4n) is 1.38. The van der Waals surface area contributed by atoms with Gasteiger partial charge < -0.3 is 4.74 Å². The monoisotopic (exact) mass is 290 g/mol. The third-order valence-electron chi connectivity index (χ3n) is 2.11. The molecule has 1 aromatic carbocycles. The Kier molecular flexibility index (Phi) is 5.12. The lowest BCUT2D eigenvalue weighted by molar-refractivity contribution is 0.0988. The number of carbonyl (C=O) groups is 1. The zero-order chi connectivity index (χ0) is 11.3. The summed E-state index contributed by atoms with van der Waals surface area (Å²) in [5.41, 5.74) is 1.57. The molecule has 0 bridgehead atoms. The van der Waals surface area contributed by atoms with Crippen LogP contribution in [0.15, 0.2) is 18.2 Å². The number of methoxy groups -OCH3 is 1. The van der Waals surface area contributed by atoms with Gasteiger partial charge in [0.1, 0.15) is 5.75 Å². The maximum Gasteiger partial charge on any atom is 0.164 e. The van der Waals surface area contributed by atoms with Crippen LogP contribution in [-0.2, 0) is 5.33 Å². The van der Waals surface area contributed by atoms with Gasteiger partial charge in [0.25, 0.3) is 0 Å². The molecular formula is C11H12BrClO2. The number of halogens is 2. The van der Waals surface area contributed by atoms with Gasteiger partial charge in [0.2, 0.25) is 0 Å². The minimum Gasteiger partial charge on any atom is -0.496 e. The maximum atomic E-state index is 11.7. The molecule has 0 fully saturated rings. The summed E-state index contributed by atoms with van der Waals surface area (Å²) < 4.78 is 5.19. The lowest BCUT2D eigenvalue weighted by Crippen LogP contribution is -2.05. The zero-order valence-electron chi connectivity index (χ0n) is 8.43. The molecule has 1 aromatic rings. The van der Waals surface area contributed by atoms with Crippen molar-refractivity contribution in [2.24, 2.45) is 0 Å². The number of Topliss-reactive ketones (excluding diaryl/α,β-unsaturated/α-hetero) is 1. The van der Waals surface area contributed by atoms with Crippen LogP contribution >= 0.6 is 27.5 Å². The van der Waals surface area contributed by atoms with Crippen LogP contribution in [0, 0.1) is 0 Å². The van der Waals surface area contributed by atoms with E-state index in [0.717, 1.165) is 11.3 Å². The number of carbonyl (C=O) groups excluding carboxylic acids is 1. The third-order valence-corrected chi connectivity index (χ3v) is 2.86. The van der Waals surface area contributed by atoms with Crippen molar-refractivity contribution in [2.45, 2.75) is 11.8 Å². The lowest BCUT2D eigenvalue weighted by Gasteiger charge is -2.10. The van der Waals surface area contributed by atoms with Gasteiger partial charge in [-0.25, -0.2) is 0 Å². The van der Waals surface area contributed by atoms with Gasteiger partial charge in [-0.15, -0.1) is 11.6 Å². The molecule has 0 aliphatic carbocycles. The van der Waals surface area contributed by atoms with Crippen molar-refractivity contribution in [1.29, 1.82) is 0 Å². The van der Waals surface area contributed by atoms with Crippen molar-refractivity contribution in [3.8, 4) is 5.75 Å². The molecule has 0 aliphatic rings. The van der Waals surface area contributed by atoms with E-state index in [0.29, 0.717) is 23.2 Å². The predicted octanol–water partition coefficient (Wildman–Crippen LogP) is 3.40. The molecule has 1 rings (SSSR count). The van der Waals surface area contributed by atoms with Crippen molar-refractivity contribution in [1.82, 2.24) is 0 Å². The van der Waals surface area contributed by atoms with Gasteiger partial charge in [0.15, 0.2) is 5.78 Å². The molecule has 4 heteroatoms. The normalized spacial score (nSPS) is 10.1. The van der Waals surface area contributed by atoms with Crippen LogP contribution in [0.5, 0.6) is 5.75 Å². The highest BCUT2D eigenvalue weighted by atomic mass is 79.9. The fraction of sp³-hybridized carbons (Fsp3) is 0.364. The Balaban J connectivity index is 3.11. The van der Waals surface area contributed by atoms with Crippen molar-refractivity contribution in [3.05, 3.63) is 29.3 Å². The van der Waals surface area contributed by atoms with Gasteiger partial charge >= 0.3 is 0 Å². The summed E-state index contributed by atoms with van der Waals surface area (Å²) in [5.74, 6) is 1.13. The largest absolute Gasteiger partial charge is 0.496 e. The average Bonchev–Trinajstić information content (AvgIpc) is 2.28. The molecule has 0 aromatic heterocycles. The van der Waals surface area contributed by atoms with E-state index < -0.39 is 0 Å². The number of ether oxygens (including phenoxy) is 1. The standard InChI is InChI=1S/C11H12BrClO2/c1-15-11-4-2-3-8(9(11)7-12)10(14)5-6-13/h2-4H,5-7H2,1H3. The Morgan fingerprint density at radius 1 is 1.53 bits per heavy atom. The summed E-state index contributed by atoms with van der Waals surface area (Å²) in [6.45, 7) is 0. The van der Waals surface area contributed by atoms with Gasteiger partial charge in [-0.2, -0.15) is 0 Å². The molecule has 2 nitrogen and oxygen atoms in total. The number of hydrogen-bond donors (Lipinski definition) is 0. The Labute approximate surface area is 103 Å². The van der Waals surface area contributed by atoms with Crippen molar-refractivity contribution in [3.63, 3.8) is 0 Å². The lowest BCUT2D eigenvalue weighted by atomic mass is 10.0. The van der Waals surface area contributed by atoms with Crippen molar-refractivity contribution < 1.29 is 9.53 Å². The van der Waals surface area contributed by atoms with E-state index in [1.807, 2.05) is 12.1 Å². The Hall–Kier alpha value is -0.540. The molecule has 0 N–H and O–H groups in total. The first-order chi connectivity index (χ1) is 7.24. The van der Waals surface area contributed by atoms with Gasteiger partial charge in [-0.05, 0) is 6.07 Å². The summed E-state index contributed by atoms with van der Waals surface area (Å²) in [6.07, 6.45) is 0.356. The van der Waals surface area contributed by atoms with Gasteiger partial charge in [0, 0.05) is 28.8 Å². The Morgan fingerprint density at radius 2 is 2.27 bits per heavy atom. The molecule has 82 valence electrons. The second kappa shape index (κ2) is 6.13. The van der Waals surface area contributed by atoms with E-state index in [2.05, 4.69) is 15.9 Å². The molecule has 0 heterocycles. The molecule has 0 atom stereocenters. The highest BCUT2D eigenvalue weighted by Gasteiger charge is 2.13. The summed E-state index contributed by atoms with van der Waals surface area (Å²) in [7, 11) is 1.59. The van der Waals surface area contributed by atoms with Gasteiger partial charge in [-0.3, -0.25) is 4.79 Å². The average molecular weight is 292 g/mol. The van der Waals surface area contributed by atoms with Crippen LogP contribution in [0.1, 0.15) is 22.3 Å². The minimum absolute atomic E-state index is 0.0540. The minimum atomic E-state index is 0.0540. The second-order valence-electron chi connectivity index (χ2n) is 2.98. The second-order valence-corrected chi connectivity index (χ2v) is 3.92. The SMILES string of the molecule is COc1cccc(C(=O)CCCl)c1CBr. The van der Waals surface area contributed by atoms with Crippen LogP contribution in [0.4, 0.5) is 0 Å². The number of hydrogen-bond acceptors (Lipinski definition) is 2. The van der Waals surface area contributed by atoms with E-state index in [9.17, 15) is 4.79 Å². The molecule has 0 aliphatic heterocycles. The van der Waals surface area contributed by atoms with Crippen molar-refractivity contribution in [2.75, 3.05) is 13.0 Å². The van der Waals surface area contributed by atoms with Crippen LogP contribution in [-0.4, -0.2) is 18.8 Å². The predicted molar refractivity (Wildman–Crippen MR) is 65.3 cm³/mol. The molecule has 0 unspecified atom stereocenters. The van der Waals surface area contributed by atoms with Crippen molar-refractivity contribution >= 4 is 33.3 Å². The molecule has 0 saturated carbocycles. The van der Waals surface area contributed by atoms with Gasteiger partial charge in [-0.1, -0.05) is 28.1 Å². The fourth-order valence-corrected chi connectivity index (χ4v) is 2.13. The van der Waals surface area contributed by atoms with Crippen LogP contribution < -0.4 is 4.74 Å². The number of ketones is 1. The van der Waals surface area contributed by atoms with E-state index in [1.165, 1.54) is 0 Å². The molecule has 0 saturated heterocycles. The molecule has 15 heavy (non-hydrogen) atoms. The molecule has 0 radical (unpaired) electrons. The highest BCUT2D eigenvalue weighted by Crippen LogP contribution is 2.25. The quantitative estimate of drug-likeness (QED) is 0.614. The summed E-state index contributed by atoms with van der Waals surface area (Å²) in [6, 6.07) is 5.45. The zero-order valence-corrected chi connectivity index (χ0v) is 10.8. The van der Waals surface area contributed by atoms with E-state index in [-0.39, 0.29) is 5.78 Å². The summed E-state index contributed by atoms with van der Waals surface area (Å²) >= 11 is 8.91. The third kappa shape index (κ3) is 2.95.